The SMILES string of the molecule is CC[C@H](C)[C@H](NC(=O)c1ccccc1)C(=O)N(C)Cc1ccc(Cl)cc1. The summed E-state index contributed by atoms with van der Waals surface area (Å²) in [6.45, 7) is 4.45. The number of carbonyl (C=O) groups excluding carboxylic acids is 2. The third-order valence-corrected chi connectivity index (χ3v) is 4.76. The number of likely N-dealkylation sites (N-methyl/N-ethyl adjacent to an activating group) is 1. The minimum Gasteiger partial charge on any atom is -0.340 e. The molecule has 0 saturated carbocycles. The predicted octanol–water partition coefficient (Wildman–Crippen LogP) is 4.14. The Morgan fingerprint density at radius 2 is 1.69 bits per heavy atom. The van der Waals surface area contributed by atoms with E-state index in [9.17, 15) is 9.59 Å². The van der Waals surface area contributed by atoms with E-state index in [0.29, 0.717) is 17.1 Å². The largest absolute Gasteiger partial charge is 0.340 e. The Hall–Kier alpha value is -2.33. The maximum atomic E-state index is 13.0. The van der Waals surface area contributed by atoms with E-state index >= 15 is 0 Å². The van der Waals surface area contributed by atoms with Crippen LogP contribution in [0.5, 0.6) is 0 Å². The highest BCUT2D eigenvalue weighted by Crippen LogP contribution is 2.15. The number of hydrogen-bond donors (Lipinski definition) is 1. The Kier molecular flexibility index (Phi) is 7.22. The van der Waals surface area contributed by atoms with Crippen molar-refractivity contribution in [3.63, 3.8) is 0 Å². The molecule has 0 fully saturated rings. The zero-order valence-corrected chi connectivity index (χ0v) is 16.2. The maximum absolute atomic E-state index is 13.0. The highest BCUT2D eigenvalue weighted by atomic mass is 35.5. The summed E-state index contributed by atoms with van der Waals surface area (Å²) in [6, 6.07) is 15.8. The van der Waals surface area contributed by atoms with Crippen LogP contribution < -0.4 is 5.32 Å². The van der Waals surface area contributed by atoms with Crippen LogP contribution in [0.3, 0.4) is 0 Å². The van der Waals surface area contributed by atoms with E-state index in [1.807, 2.05) is 44.2 Å². The van der Waals surface area contributed by atoms with E-state index in [-0.39, 0.29) is 17.7 Å². The summed E-state index contributed by atoms with van der Waals surface area (Å²) < 4.78 is 0. The van der Waals surface area contributed by atoms with Gasteiger partial charge in [-0.15, -0.1) is 0 Å². The molecule has 2 aromatic carbocycles. The minimum atomic E-state index is -0.565. The lowest BCUT2D eigenvalue weighted by atomic mass is 9.97. The van der Waals surface area contributed by atoms with Gasteiger partial charge in [0.25, 0.3) is 5.91 Å². The third-order valence-electron chi connectivity index (χ3n) is 4.51. The quantitative estimate of drug-likeness (QED) is 0.793. The molecular weight excluding hydrogens is 348 g/mol. The standard InChI is InChI=1S/C21H25ClN2O2/c1-4-15(2)19(23-20(25)17-8-6-5-7-9-17)21(26)24(3)14-16-10-12-18(22)13-11-16/h5-13,15,19H,4,14H2,1-3H3,(H,23,25)/t15-,19-/m0/s1. The number of halogens is 1. The van der Waals surface area contributed by atoms with Gasteiger partial charge in [-0.25, -0.2) is 0 Å². The van der Waals surface area contributed by atoms with Crippen molar-refractivity contribution in [1.29, 1.82) is 0 Å². The van der Waals surface area contributed by atoms with Gasteiger partial charge < -0.3 is 10.2 Å². The molecule has 2 aromatic rings. The molecule has 0 spiro atoms. The van der Waals surface area contributed by atoms with Crippen molar-refractivity contribution in [1.82, 2.24) is 10.2 Å². The molecule has 0 aromatic heterocycles. The molecule has 0 radical (unpaired) electrons. The molecule has 0 saturated heterocycles. The highest BCUT2D eigenvalue weighted by Gasteiger charge is 2.28. The van der Waals surface area contributed by atoms with Crippen LogP contribution in [-0.2, 0) is 11.3 Å². The highest BCUT2D eigenvalue weighted by molar-refractivity contribution is 6.30. The molecule has 138 valence electrons. The van der Waals surface area contributed by atoms with Crippen molar-refractivity contribution in [2.24, 2.45) is 5.92 Å². The van der Waals surface area contributed by atoms with Crippen molar-refractivity contribution in [3.05, 3.63) is 70.7 Å². The van der Waals surface area contributed by atoms with Crippen LogP contribution in [0, 0.1) is 5.92 Å². The van der Waals surface area contributed by atoms with Gasteiger partial charge in [-0.1, -0.05) is 62.2 Å². The van der Waals surface area contributed by atoms with Crippen LogP contribution >= 0.6 is 11.6 Å². The summed E-state index contributed by atoms with van der Waals surface area (Å²) in [4.78, 5) is 27.1. The van der Waals surface area contributed by atoms with Crippen LogP contribution in [0.15, 0.2) is 54.6 Å². The zero-order chi connectivity index (χ0) is 19.1. The first-order valence-corrected chi connectivity index (χ1v) is 9.15. The molecule has 4 nitrogen and oxygen atoms in total. The second kappa shape index (κ2) is 9.39. The number of benzene rings is 2. The zero-order valence-electron chi connectivity index (χ0n) is 15.4. The fourth-order valence-corrected chi connectivity index (χ4v) is 2.80. The molecule has 0 bridgehead atoms. The summed E-state index contributed by atoms with van der Waals surface area (Å²) in [5.41, 5.74) is 1.54. The van der Waals surface area contributed by atoms with Crippen LogP contribution in [0.4, 0.5) is 0 Å². The van der Waals surface area contributed by atoms with Crippen molar-refractivity contribution >= 4 is 23.4 Å². The van der Waals surface area contributed by atoms with E-state index in [1.54, 1.807) is 36.2 Å². The first-order valence-electron chi connectivity index (χ1n) is 8.77. The third kappa shape index (κ3) is 5.33. The molecule has 0 aliphatic heterocycles. The molecule has 5 heteroatoms. The molecule has 2 amide bonds. The van der Waals surface area contributed by atoms with Crippen molar-refractivity contribution in [2.45, 2.75) is 32.9 Å². The van der Waals surface area contributed by atoms with Gasteiger partial charge in [0.15, 0.2) is 0 Å². The van der Waals surface area contributed by atoms with Crippen molar-refractivity contribution in [3.8, 4) is 0 Å². The fourth-order valence-electron chi connectivity index (χ4n) is 2.68. The van der Waals surface area contributed by atoms with Crippen LogP contribution in [0.25, 0.3) is 0 Å². The van der Waals surface area contributed by atoms with Gasteiger partial charge in [0.05, 0.1) is 0 Å². The first-order chi connectivity index (χ1) is 12.4. The van der Waals surface area contributed by atoms with Gasteiger partial charge >= 0.3 is 0 Å². The molecule has 1 N–H and O–H groups in total. The number of nitrogens with one attached hydrogen (secondary N) is 1. The number of hydrogen-bond acceptors (Lipinski definition) is 2. The van der Waals surface area contributed by atoms with Gasteiger partial charge in [0.1, 0.15) is 6.04 Å². The average molecular weight is 373 g/mol. The lowest BCUT2D eigenvalue weighted by molar-refractivity contribution is -0.133. The Balaban J connectivity index is 2.10. The second-order valence-corrected chi connectivity index (χ2v) is 6.96. The first kappa shape index (κ1) is 20.0. The van der Waals surface area contributed by atoms with Gasteiger partial charge in [0.2, 0.25) is 5.91 Å². The molecule has 2 rings (SSSR count). The second-order valence-electron chi connectivity index (χ2n) is 6.52. The molecule has 26 heavy (non-hydrogen) atoms. The van der Waals surface area contributed by atoms with Gasteiger partial charge in [-0.05, 0) is 35.7 Å². The monoisotopic (exact) mass is 372 g/mol. The number of nitrogens with zero attached hydrogens (tertiary/aromatic N) is 1. The van der Waals surface area contributed by atoms with E-state index in [1.165, 1.54) is 0 Å². The maximum Gasteiger partial charge on any atom is 0.251 e. The van der Waals surface area contributed by atoms with Crippen molar-refractivity contribution in [2.75, 3.05) is 7.05 Å². The topological polar surface area (TPSA) is 49.4 Å². The van der Waals surface area contributed by atoms with Crippen LogP contribution in [-0.4, -0.2) is 29.8 Å². The van der Waals surface area contributed by atoms with Gasteiger partial charge in [-0.2, -0.15) is 0 Å². The Bertz CT molecular complexity index is 731. The van der Waals surface area contributed by atoms with E-state index < -0.39 is 6.04 Å². The van der Waals surface area contributed by atoms with E-state index in [2.05, 4.69) is 5.32 Å². The van der Waals surface area contributed by atoms with Crippen LogP contribution in [0.2, 0.25) is 5.02 Å². The number of amides is 2. The van der Waals surface area contributed by atoms with E-state index in [4.69, 9.17) is 11.6 Å². The summed E-state index contributed by atoms with van der Waals surface area (Å²) >= 11 is 5.91. The summed E-state index contributed by atoms with van der Waals surface area (Å²) in [6.07, 6.45) is 0.792. The summed E-state index contributed by atoms with van der Waals surface area (Å²) in [5.74, 6) is -0.300. The smallest absolute Gasteiger partial charge is 0.251 e. The summed E-state index contributed by atoms with van der Waals surface area (Å²) in [7, 11) is 1.75. The Morgan fingerprint density at radius 1 is 1.08 bits per heavy atom. The number of carbonyl (C=O) groups is 2. The molecule has 2 atom stereocenters. The van der Waals surface area contributed by atoms with E-state index in [0.717, 1.165) is 12.0 Å². The normalized spacial score (nSPS) is 12.9. The lowest BCUT2D eigenvalue weighted by Crippen LogP contribution is -2.50. The predicted molar refractivity (Wildman–Crippen MR) is 105 cm³/mol. The average Bonchev–Trinajstić information content (AvgIpc) is 2.67. The lowest BCUT2D eigenvalue weighted by Gasteiger charge is -2.28. The molecule has 0 heterocycles. The Morgan fingerprint density at radius 3 is 2.27 bits per heavy atom. The van der Waals surface area contributed by atoms with Gasteiger partial charge in [0, 0.05) is 24.2 Å². The number of rotatable bonds is 7. The molecule has 0 aliphatic carbocycles. The summed E-state index contributed by atoms with van der Waals surface area (Å²) in [5, 5.41) is 3.57. The minimum absolute atomic E-state index is 0.0304. The van der Waals surface area contributed by atoms with Gasteiger partial charge in [-0.3, -0.25) is 9.59 Å². The molecule has 0 aliphatic rings. The Labute approximate surface area is 160 Å². The van der Waals surface area contributed by atoms with Crippen molar-refractivity contribution < 1.29 is 9.59 Å². The molecule has 0 unspecified atom stereocenters. The van der Waals surface area contributed by atoms with Crippen LogP contribution in [0.1, 0.15) is 36.2 Å². The molecular formula is C21H25ClN2O2. The fraction of sp³-hybridized carbons (Fsp3) is 0.333.